The fourth-order valence-corrected chi connectivity index (χ4v) is 2.31. The molecule has 0 aliphatic carbocycles. The second-order valence-electron chi connectivity index (χ2n) is 3.96. The lowest BCUT2D eigenvalue weighted by Crippen LogP contribution is -2.23. The number of rotatable bonds is 4. The summed E-state index contributed by atoms with van der Waals surface area (Å²) in [6.07, 6.45) is 1.49. The van der Waals surface area contributed by atoms with Gasteiger partial charge in [0.2, 0.25) is 15.9 Å². The van der Waals surface area contributed by atoms with Crippen molar-refractivity contribution < 1.29 is 12.9 Å². The Balaban J connectivity index is 2.31. The number of hydrogen-bond donors (Lipinski definition) is 1. The van der Waals surface area contributed by atoms with E-state index in [9.17, 15) is 8.42 Å². The molecule has 0 atom stereocenters. The average Bonchev–Trinajstić information content (AvgIpc) is 2.73. The number of hydrogen-bond acceptors (Lipinski definition) is 7. The molecule has 0 spiro atoms. The molecule has 2 heterocycles. The maximum Gasteiger partial charge on any atom is 0.241 e. The summed E-state index contributed by atoms with van der Waals surface area (Å²) in [5.74, 6) is 1.12. The molecule has 0 saturated carbocycles. The number of sulfonamides is 1. The van der Waals surface area contributed by atoms with Gasteiger partial charge in [0, 0.05) is 20.2 Å². The molecular weight excluding hydrogens is 270 g/mol. The van der Waals surface area contributed by atoms with Gasteiger partial charge in [-0.3, -0.25) is 0 Å². The zero-order valence-corrected chi connectivity index (χ0v) is 11.3. The van der Waals surface area contributed by atoms with Crippen LogP contribution in [0.1, 0.15) is 11.7 Å². The highest BCUT2D eigenvalue weighted by atomic mass is 32.2. The van der Waals surface area contributed by atoms with Crippen LogP contribution in [0.15, 0.2) is 27.7 Å². The minimum atomic E-state index is -3.83. The van der Waals surface area contributed by atoms with E-state index in [0.717, 1.165) is 0 Å². The molecule has 102 valence electrons. The van der Waals surface area contributed by atoms with E-state index < -0.39 is 10.0 Å². The summed E-state index contributed by atoms with van der Waals surface area (Å²) >= 11 is 0. The molecule has 0 saturated heterocycles. The molecular formula is C10H13N5O3S. The SMILES string of the molecule is Cc1nc(CN(C)c2ncccc2S(N)(=O)=O)no1. The zero-order valence-electron chi connectivity index (χ0n) is 10.4. The molecule has 2 N–H and O–H groups in total. The molecule has 2 aromatic rings. The molecule has 0 bridgehead atoms. The Morgan fingerprint density at radius 3 is 2.79 bits per heavy atom. The van der Waals surface area contributed by atoms with Crippen molar-refractivity contribution in [2.24, 2.45) is 5.14 Å². The first kappa shape index (κ1) is 13.4. The number of aryl methyl sites for hydroxylation is 1. The molecule has 9 heteroatoms. The van der Waals surface area contributed by atoms with Gasteiger partial charge in [-0.1, -0.05) is 5.16 Å². The third kappa shape index (κ3) is 3.06. The second kappa shape index (κ2) is 4.94. The van der Waals surface area contributed by atoms with Crippen molar-refractivity contribution in [1.82, 2.24) is 15.1 Å². The summed E-state index contributed by atoms with van der Waals surface area (Å²) in [6, 6.07) is 2.91. The van der Waals surface area contributed by atoms with Crippen LogP contribution >= 0.6 is 0 Å². The molecule has 0 amide bonds. The molecule has 0 radical (unpaired) electrons. The number of pyridine rings is 1. The van der Waals surface area contributed by atoms with E-state index in [2.05, 4.69) is 15.1 Å². The maximum absolute atomic E-state index is 11.5. The Kier molecular flexibility index (Phi) is 3.49. The van der Waals surface area contributed by atoms with Crippen LogP contribution in [0.5, 0.6) is 0 Å². The van der Waals surface area contributed by atoms with Gasteiger partial charge in [-0.15, -0.1) is 0 Å². The molecule has 0 unspecified atom stereocenters. The summed E-state index contributed by atoms with van der Waals surface area (Å²) in [5.41, 5.74) is 0. The quantitative estimate of drug-likeness (QED) is 0.843. The van der Waals surface area contributed by atoms with Crippen LogP contribution in [0.25, 0.3) is 0 Å². The fourth-order valence-electron chi connectivity index (χ4n) is 1.58. The summed E-state index contributed by atoms with van der Waals surface area (Å²) < 4.78 is 27.8. The van der Waals surface area contributed by atoms with Gasteiger partial charge in [-0.05, 0) is 12.1 Å². The minimum absolute atomic E-state index is 0.0438. The topological polar surface area (TPSA) is 115 Å². The van der Waals surface area contributed by atoms with Gasteiger partial charge in [-0.2, -0.15) is 4.98 Å². The summed E-state index contributed by atoms with van der Waals surface area (Å²) in [5, 5.41) is 8.89. The predicted octanol–water partition coefficient (Wildman–Crippen LogP) is 0.0568. The highest BCUT2D eigenvalue weighted by Crippen LogP contribution is 2.20. The number of anilines is 1. The first-order valence-corrected chi connectivity index (χ1v) is 6.90. The summed E-state index contributed by atoms with van der Waals surface area (Å²) in [4.78, 5) is 9.61. The van der Waals surface area contributed by atoms with Gasteiger partial charge in [0.05, 0.1) is 6.54 Å². The lowest BCUT2D eigenvalue weighted by Gasteiger charge is -2.18. The first-order valence-electron chi connectivity index (χ1n) is 5.36. The van der Waals surface area contributed by atoms with Gasteiger partial charge in [0.25, 0.3) is 0 Å². The van der Waals surface area contributed by atoms with Crippen LogP contribution in [-0.2, 0) is 16.6 Å². The second-order valence-corrected chi connectivity index (χ2v) is 5.49. The van der Waals surface area contributed by atoms with Crippen molar-refractivity contribution in [3.05, 3.63) is 30.0 Å². The predicted molar refractivity (Wildman–Crippen MR) is 66.8 cm³/mol. The number of nitrogens with two attached hydrogens (primary N) is 1. The summed E-state index contributed by atoms with van der Waals surface area (Å²) in [7, 11) is -2.16. The molecule has 8 nitrogen and oxygen atoms in total. The number of aromatic nitrogens is 3. The third-order valence-corrected chi connectivity index (χ3v) is 3.30. The Labute approximate surface area is 110 Å². The average molecular weight is 283 g/mol. The third-order valence-electron chi connectivity index (χ3n) is 2.37. The Bertz CT molecular complexity index is 682. The van der Waals surface area contributed by atoms with Crippen LogP contribution in [0.3, 0.4) is 0 Å². The monoisotopic (exact) mass is 283 g/mol. The minimum Gasteiger partial charge on any atom is -0.351 e. The van der Waals surface area contributed by atoms with Crippen LogP contribution in [-0.4, -0.2) is 30.6 Å². The molecule has 0 aliphatic rings. The van der Waals surface area contributed by atoms with Crippen LogP contribution in [0.2, 0.25) is 0 Å². The maximum atomic E-state index is 11.5. The Morgan fingerprint density at radius 1 is 1.47 bits per heavy atom. The number of primary sulfonamides is 1. The van der Waals surface area contributed by atoms with Crippen molar-refractivity contribution in [2.75, 3.05) is 11.9 Å². The smallest absolute Gasteiger partial charge is 0.241 e. The van der Waals surface area contributed by atoms with Crippen LogP contribution in [0.4, 0.5) is 5.82 Å². The normalized spacial score (nSPS) is 11.5. The Hall–Kier alpha value is -2.00. The van der Waals surface area contributed by atoms with Crippen molar-refractivity contribution in [3.63, 3.8) is 0 Å². The van der Waals surface area contributed by atoms with E-state index in [4.69, 9.17) is 9.66 Å². The van der Waals surface area contributed by atoms with Crippen molar-refractivity contribution in [3.8, 4) is 0 Å². The van der Waals surface area contributed by atoms with Crippen molar-refractivity contribution in [1.29, 1.82) is 0 Å². The highest BCUT2D eigenvalue weighted by Gasteiger charge is 2.18. The molecule has 2 aromatic heterocycles. The van der Waals surface area contributed by atoms with Crippen LogP contribution < -0.4 is 10.0 Å². The van der Waals surface area contributed by atoms with E-state index in [1.807, 2.05) is 0 Å². The number of nitrogens with zero attached hydrogens (tertiary/aromatic N) is 4. The lowest BCUT2D eigenvalue weighted by molar-refractivity contribution is 0.387. The van der Waals surface area contributed by atoms with Crippen LogP contribution in [0, 0.1) is 6.92 Å². The van der Waals surface area contributed by atoms with Gasteiger partial charge in [0.15, 0.2) is 5.82 Å². The van der Waals surface area contributed by atoms with Gasteiger partial charge in [-0.25, -0.2) is 18.5 Å². The van der Waals surface area contributed by atoms with Gasteiger partial charge in [0.1, 0.15) is 10.7 Å². The van der Waals surface area contributed by atoms with Crippen molar-refractivity contribution in [2.45, 2.75) is 18.4 Å². The van der Waals surface area contributed by atoms with E-state index in [0.29, 0.717) is 11.7 Å². The molecule has 2 rings (SSSR count). The van der Waals surface area contributed by atoms with Crippen molar-refractivity contribution >= 4 is 15.8 Å². The van der Waals surface area contributed by atoms with E-state index in [1.54, 1.807) is 18.9 Å². The van der Waals surface area contributed by atoms with E-state index in [-0.39, 0.29) is 17.3 Å². The molecule has 0 fully saturated rings. The van der Waals surface area contributed by atoms with Gasteiger partial charge >= 0.3 is 0 Å². The zero-order chi connectivity index (χ0) is 14.0. The van der Waals surface area contributed by atoms with E-state index >= 15 is 0 Å². The first-order chi connectivity index (χ1) is 8.88. The fraction of sp³-hybridized carbons (Fsp3) is 0.300. The lowest BCUT2D eigenvalue weighted by atomic mass is 10.4. The molecule has 19 heavy (non-hydrogen) atoms. The van der Waals surface area contributed by atoms with Gasteiger partial charge < -0.3 is 9.42 Å². The summed E-state index contributed by atoms with van der Waals surface area (Å²) in [6.45, 7) is 1.93. The molecule has 0 aliphatic heterocycles. The molecule has 0 aromatic carbocycles. The largest absolute Gasteiger partial charge is 0.351 e. The standard InChI is InChI=1S/C10H13N5O3S/c1-7-13-9(14-18-7)6-15(2)10-8(19(11,16)17)4-3-5-12-10/h3-5H,6H2,1-2H3,(H2,11,16,17). The highest BCUT2D eigenvalue weighted by molar-refractivity contribution is 7.89. The Morgan fingerprint density at radius 2 is 2.21 bits per heavy atom. The van der Waals surface area contributed by atoms with E-state index in [1.165, 1.54) is 18.3 Å².